The Morgan fingerprint density at radius 3 is 2.02 bits per heavy atom. The van der Waals surface area contributed by atoms with E-state index in [1.807, 2.05) is 12.3 Å². The monoisotopic (exact) mass is 968 g/mol. The molecule has 0 atom stereocenters. The van der Waals surface area contributed by atoms with E-state index in [2.05, 4.69) is 208 Å². The third kappa shape index (κ3) is 6.25. The van der Waals surface area contributed by atoms with E-state index in [0.717, 1.165) is 83.3 Å². The van der Waals surface area contributed by atoms with Crippen molar-refractivity contribution in [1.82, 2.24) is 24.1 Å². The van der Waals surface area contributed by atoms with E-state index in [4.69, 9.17) is 15.0 Å². The molecule has 298 valence electrons. The van der Waals surface area contributed by atoms with Crippen LogP contribution in [0.25, 0.3) is 88.7 Å². The van der Waals surface area contributed by atoms with E-state index >= 15 is 0 Å². The fraction of sp³-hybridized carbons (Fsp3) is 0.127. The summed E-state index contributed by atoms with van der Waals surface area (Å²) in [5, 5.41) is 4.57. The number of nitrogens with zero attached hydrogens (tertiary/aromatic N) is 5. The molecule has 0 spiro atoms. The van der Waals surface area contributed by atoms with Gasteiger partial charge in [0, 0.05) is 28.4 Å². The minimum absolute atomic E-state index is 0. The van der Waals surface area contributed by atoms with Crippen molar-refractivity contribution in [1.29, 1.82) is 0 Å². The van der Waals surface area contributed by atoms with E-state index in [-0.39, 0.29) is 31.9 Å². The van der Waals surface area contributed by atoms with Gasteiger partial charge < -0.3 is 9.55 Å². The van der Waals surface area contributed by atoms with Gasteiger partial charge in [-0.2, -0.15) is 0 Å². The Bertz CT molecular complexity index is 3420. The predicted molar refractivity (Wildman–Crippen MR) is 249 cm³/mol. The van der Waals surface area contributed by atoms with Crippen molar-refractivity contribution in [2.75, 3.05) is 0 Å². The van der Waals surface area contributed by atoms with E-state index in [1.54, 1.807) is 0 Å². The van der Waals surface area contributed by atoms with Gasteiger partial charge in [0.05, 0.1) is 11.0 Å². The van der Waals surface area contributed by atoms with Gasteiger partial charge in [-0.05, 0) is 80.2 Å². The molecule has 61 heavy (non-hydrogen) atoms. The fourth-order valence-corrected chi connectivity index (χ4v) is 9.05. The van der Waals surface area contributed by atoms with Crippen molar-refractivity contribution in [2.24, 2.45) is 0 Å². The van der Waals surface area contributed by atoms with Crippen molar-refractivity contribution in [3.63, 3.8) is 0 Å². The molecule has 6 heteroatoms. The summed E-state index contributed by atoms with van der Waals surface area (Å²) in [5.41, 5.74) is 13.3. The van der Waals surface area contributed by atoms with E-state index in [9.17, 15) is 0 Å². The minimum Gasteiger partial charge on any atom is -0.656 e. The molecule has 0 saturated heterocycles. The van der Waals surface area contributed by atoms with Crippen LogP contribution in [0, 0.1) is 6.07 Å². The Morgan fingerprint density at radius 1 is 0.541 bits per heavy atom. The van der Waals surface area contributed by atoms with Crippen LogP contribution < -0.4 is 4.98 Å². The summed E-state index contributed by atoms with van der Waals surface area (Å²) in [5.74, 6) is 1.71. The Labute approximate surface area is 370 Å². The predicted octanol–water partition coefficient (Wildman–Crippen LogP) is 13.5. The first-order chi connectivity index (χ1) is 29.1. The van der Waals surface area contributed by atoms with Gasteiger partial charge in [0.15, 0.2) is 0 Å². The first-order valence-electron chi connectivity index (χ1n) is 20.7. The van der Waals surface area contributed by atoms with E-state index in [0.29, 0.717) is 0 Å². The Morgan fingerprint density at radius 2 is 1.25 bits per heavy atom. The van der Waals surface area contributed by atoms with Gasteiger partial charge in [-0.3, -0.25) is 4.57 Å². The van der Waals surface area contributed by atoms with Gasteiger partial charge in [-0.1, -0.05) is 161 Å². The van der Waals surface area contributed by atoms with Crippen LogP contribution in [0.1, 0.15) is 51.3 Å². The molecule has 0 aliphatic heterocycles. The summed E-state index contributed by atoms with van der Waals surface area (Å²) < 4.78 is 4.60. The van der Waals surface area contributed by atoms with Gasteiger partial charge in [0.2, 0.25) is 0 Å². The molecule has 0 radical (unpaired) electrons. The number of pyridine rings is 1. The van der Waals surface area contributed by atoms with Crippen molar-refractivity contribution in [3.05, 3.63) is 193 Å². The number of benzene rings is 7. The number of hydrogen-bond donors (Lipinski definition) is 0. The molecular weight excluding hydrogens is 926 g/mol. The number of hydrogen-bond acceptors (Lipinski definition) is 2. The number of imidazole rings is 1. The summed E-state index contributed by atoms with van der Waals surface area (Å²) in [6, 6.07) is 62.4. The maximum atomic E-state index is 5.68. The van der Waals surface area contributed by atoms with Crippen LogP contribution in [0.3, 0.4) is 0 Å². The van der Waals surface area contributed by atoms with Crippen molar-refractivity contribution in [2.45, 2.75) is 45.4 Å². The quantitative estimate of drug-likeness (QED) is 0.156. The molecule has 0 amide bonds. The third-order valence-electron chi connectivity index (χ3n) is 12.4. The Kier molecular flexibility index (Phi) is 9.23. The van der Waals surface area contributed by atoms with Gasteiger partial charge in [0.1, 0.15) is 11.6 Å². The molecule has 5 nitrogen and oxygen atoms in total. The van der Waals surface area contributed by atoms with Crippen LogP contribution >= 0.6 is 0 Å². The van der Waals surface area contributed by atoms with Gasteiger partial charge in [0.25, 0.3) is 0 Å². The third-order valence-corrected chi connectivity index (χ3v) is 12.4. The van der Waals surface area contributed by atoms with Gasteiger partial charge >= 0.3 is 21.1 Å². The minimum atomic E-state index is -0.336. The van der Waals surface area contributed by atoms with Crippen molar-refractivity contribution >= 4 is 54.6 Å². The zero-order valence-electron chi connectivity index (χ0n) is 34.7. The van der Waals surface area contributed by atoms with Gasteiger partial charge in [-0.25, -0.2) is 9.97 Å². The van der Waals surface area contributed by atoms with Crippen LogP contribution in [0.2, 0.25) is 0 Å². The summed E-state index contributed by atoms with van der Waals surface area (Å²) >= 11 is 0. The van der Waals surface area contributed by atoms with Crippen LogP contribution in [0.5, 0.6) is 0 Å². The molecule has 0 fully saturated rings. The average Bonchev–Trinajstić information content (AvgIpc) is 3.96. The first-order valence-corrected chi connectivity index (χ1v) is 20.7. The molecule has 4 aromatic heterocycles. The van der Waals surface area contributed by atoms with Crippen molar-refractivity contribution < 1.29 is 21.1 Å². The molecular formula is C55H43N5Pt. The second-order valence-corrected chi connectivity index (χ2v) is 17.5. The summed E-state index contributed by atoms with van der Waals surface area (Å²) in [7, 11) is 0. The maximum absolute atomic E-state index is 5.68. The summed E-state index contributed by atoms with van der Waals surface area (Å²) in [6.45, 7) is 11.4. The van der Waals surface area contributed by atoms with Crippen LogP contribution in [-0.4, -0.2) is 19.1 Å². The Hall–Kier alpha value is -6.55. The molecule has 4 heterocycles. The smallest absolute Gasteiger partial charge is 0.656 e. The van der Waals surface area contributed by atoms with E-state index in [1.165, 1.54) is 22.1 Å². The first kappa shape index (κ1) is 38.6. The zero-order chi connectivity index (χ0) is 40.8. The Balaban J connectivity index is 0.00000445. The number of para-hydroxylation sites is 3. The largest absolute Gasteiger partial charge is 2.00 e. The molecule has 0 saturated carbocycles. The molecule has 0 bridgehead atoms. The average molecular weight is 969 g/mol. The normalized spacial score (nSPS) is 12.2. The van der Waals surface area contributed by atoms with Crippen molar-refractivity contribution in [3.8, 4) is 34.0 Å². The summed E-state index contributed by atoms with van der Waals surface area (Å²) in [4.78, 5) is 15.8. The van der Waals surface area contributed by atoms with E-state index < -0.39 is 0 Å². The van der Waals surface area contributed by atoms with Crippen LogP contribution in [0.4, 0.5) is 0 Å². The second kappa shape index (κ2) is 14.6. The number of rotatable bonds is 6. The second-order valence-electron chi connectivity index (χ2n) is 17.5. The maximum Gasteiger partial charge on any atom is 2.00 e. The number of fused-ring (bicyclic) bond motifs is 7. The topological polar surface area (TPSA) is 49.7 Å². The molecule has 0 aliphatic rings. The molecule has 0 N–H and O–H groups in total. The molecule has 11 rings (SSSR count). The standard InChI is InChI=1S/C55H43N5.Pt/c1-54(2,3)37-27-29-42-41-28-26-35(31-47(41)60(48(42)33-37)50-25-14-15-30-56-50)45-32-38(55(4,5)36-17-8-6-9-18-36)34-49-52(45)58-53(59(49)39-19-10-7-11-20-39)44-23-16-22-43-40-21-12-13-24-46(40)57-51(43)44;/h6-30,32-34H,1-5H3;/q-2;+2. The van der Waals surface area contributed by atoms with Crippen LogP contribution in [0.15, 0.2) is 170 Å². The fourth-order valence-electron chi connectivity index (χ4n) is 9.05. The molecule has 0 aliphatic carbocycles. The number of aromatic nitrogens is 5. The molecule has 11 aromatic rings. The van der Waals surface area contributed by atoms with Crippen LogP contribution in [-0.2, 0) is 31.9 Å². The summed E-state index contributed by atoms with van der Waals surface area (Å²) in [6.07, 6.45) is 1.87. The molecule has 7 aromatic carbocycles. The molecule has 0 unspecified atom stereocenters. The SMILES string of the molecule is CC(C)(C)c1ccc2c3ccc(-c4cc(C(C)(C)c5ccccc5)cc5c4nc(-c4cccc6c4[n-]c4ccccc46)n5-c4ccccc4)[c-]c3n(-c3ccccn3)c2c1.[Pt+2]. The zero-order valence-corrected chi connectivity index (χ0v) is 37.0. The van der Waals surface area contributed by atoms with Gasteiger partial charge in [-0.15, -0.1) is 34.8 Å².